The highest BCUT2D eigenvalue weighted by molar-refractivity contribution is 5.82. The van der Waals surface area contributed by atoms with Crippen molar-refractivity contribution >= 4 is 11.8 Å². The van der Waals surface area contributed by atoms with E-state index in [0.29, 0.717) is 6.42 Å². The Hall–Kier alpha value is -0.940. The van der Waals surface area contributed by atoms with Crippen LogP contribution < -0.4 is 11.5 Å². The van der Waals surface area contributed by atoms with Crippen molar-refractivity contribution in [2.75, 3.05) is 6.54 Å². The van der Waals surface area contributed by atoms with Crippen LogP contribution in [0, 0.1) is 5.92 Å². The predicted octanol–water partition coefficient (Wildman–Crippen LogP) is -0.658. The Bertz CT molecular complexity index is 194. The maximum Gasteiger partial charge on any atom is 0.320 e. The third-order valence-corrected chi connectivity index (χ3v) is 2.03. The zero-order chi connectivity index (χ0) is 10.4. The normalized spacial score (nSPS) is 15.0. The molecule has 0 aliphatic carbocycles. The van der Waals surface area contributed by atoms with Crippen molar-refractivity contribution in [2.24, 2.45) is 17.4 Å². The van der Waals surface area contributed by atoms with E-state index in [-0.39, 0.29) is 24.7 Å². The summed E-state index contributed by atoms with van der Waals surface area (Å²) >= 11 is 0. The van der Waals surface area contributed by atoms with Crippen molar-refractivity contribution in [2.45, 2.75) is 25.8 Å². The van der Waals surface area contributed by atoms with Gasteiger partial charge in [-0.3, -0.25) is 9.59 Å². The third-order valence-electron chi connectivity index (χ3n) is 2.03. The summed E-state index contributed by atoms with van der Waals surface area (Å²) in [6, 6.07) is -0.972. The Balaban J connectivity index is 4.17. The molecule has 1 unspecified atom stereocenters. The summed E-state index contributed by atoms with van der Waals surface area (Å²) in [5, 5.41) is 8.60. The van der Waals surface area contributed by atoms with Crippen molar-refractivity contribution < 1.29 is 14.7 Å². The number of hydrogen-bond donors (Lipinski definition) is 3. The van der Waals surface area contributed by atoms with E-state index < -0.39 is 12.0 Å². The largest absolute Gasteiger partial charge is 0.480 e. The van der Waals surface area contributed by atoms with Gasteiger partial charge in [-0.2, -0.15) is 0 Å². The first-order valence-corrected chi connectivity index (χ1v) is 4.23. The van der Waals surface area contributed by atoms with Crippen molar-refractivity contribution in [3.05, 3.63) is 0 Å². The molecule has 0 fully saturated rings. The van der Waals surface area contributed by atoms with Crippen molar-refractivity contribution in [1.29, 1.82) is 0 Å². The maximum absolute atomic E-state index is 10.9. The van der Waals surface area contributed by atoms with Gasteiger partial charge in [0.2, 0.25) is 0 Å². The van der Waals surface area contributed by atoms with Crippen LogP contribution in [-0.4, -0.2) is 29.4 Å². The second-order valence-corrected chi connectivity index (χ2v) is 2.98. The fourth-order valence-electron chi connectivity index (χ4n) is 1.10. The molecule has 0 spiro atoms. The standard InChI is InChI=1S/C8H16N2O3/c1-2-5(3-6(11)4-9)7(10)8(12)13/h5,7H,2-4,9-10H2,1H3,(H,12,13)/t5?,7-/m0/s1. The molecule has 0 heterocycles. The van der Waals surface area contributed by atoms with Gasteiger partial charge in [0.05, 0.1) is 6.54 Å². The van der Waals surface area contributed by atoms with E-state index in [2.05, 4.69) is 0 Å². The molecule has 0 rings (SSSR count). The molecule has 76 valence electrons. The Morgan fingerprint density at radius 2 is 2.00 bits per heavy atom. The Morgan fingerprint density at radius 1 is 1.46 bits per heavy atom. The molecule has 0 aromatic heterocycles. The average molecular weight is 188 g/mol. The number of rotatable bonds is 6. The summed E-state index contributed by atoms with van der Waals surface area (Å²) in [7, 11) is 0. The molecule has 5 nitrogen and oxygen atoms in total. The molecule has 0 aliphatic rings. The lowest BCUT2D eigenvalue weighted by Gasteiger charge is -2.17. The first-order valence-electron chi connectivity index (χ1n) is 4.23. The third kappa shape index (κ3) is 4.00. The number of aliphatic carboxylic acids is 1. The van der Waals surface area contributed by atoms with Crippen molar-refractivity contribution in [3.8, 4) is 0 Å². The molecule has 0 saturated carbocycles. The highest BCUT2D eigenvalue weighted by atomic mass is 16.4. The number of Topliss-reactive ketones (excluding diaryl/α,β-unsaturated/α-hetero) is 1. The molecule has 0 radical (unpaired) electrons. The number of carbonyl (C=O) groups excluding carboxylic acids is 1. The van der Waals surface area contributed by atoms with Crippen LogP contribution >= 0.6 is 0 Å². The lowest BCUT2D eigenvalue weighted by Crippen LogP contribution is -2.39. The van der Waals surface area contributed by atoms with Crippen LogP contribution in [0.5, 0.6) is 0 Å². The van der Waals surface area contributed by atoms with Gasteiger partial charge in [0, 0.05) is 6.42 Å². The highest BCUT2D eigenvalue weighted by Crippen LogP contribution is 2.12. The van der Waals surface area contributed by atoms with Gasteiger partial charge >= 0.3 is 5.97 Å². The molecule has 0 aliphatic heterocycles. The lowest BCUT2D eigenvalue weighted by molar-refractivity contribution is -0.140. The summed E-state index contributed by atoms with van der Waals surface area (Å²) in [6.07, 6.45) is 0.722. The molecular weight excluding hydrogens is 172 g/mol. The monoisotopic (exact) mass is 188 g/mol. The van der Waals surface area contributed by atoms with E-state index in [0.717, 1.165) is 0 Å². The SMILES string of the molecule is CCC(CC(=O)CN)[C@H](N)C(=O)O. The number of nitrogens with two attached hydrogens (primary N) is 2. The van der Waals surface area contributed by atoms with Crippen molar-refractivity contribution in [1.82, 2.24) is 0 Å². The van der Waals surface area contributed by atoms with E-state index in [4.69, 9.17) is 16.6 Å². The van der Waals surface area contributed by atoms with Gasteiger partial charge in [-0.25, -0.2) is 0 Å². The van der Waals surface area contributed by atoms with Gasteiger partial charge in [-0.05, 0) is 5.92 Å². The van der Waals surface area contributed by atoms with Crippen LogP contribution in [0.15, 0.2) is 0 Å². The maximum atomic E-state index is 10.9. The molecule has 0 amide bonds. The molecule has 0 bridgehead atoms. The minimum atomic E-state index is -1.07. The van der Waals surface area contributed by atoms with Gasteiger partial charge in [-0.1, -0.05) is 13.3 Å². The summed E-state index contributed by atoms with van der Waals surface area (Å²) in [5.41, 5.74) is 10.5. The number of carboxylic acid groups (broad SMARTS) is 1. The first kappa shape index (κ1) is 12.1. The Labute approximate surface area is 77.1 Å². The number of carboxylic acids is 1. The predicted molar refractivity (Wildman–Crippen MR) is 48.1 cm³/mol. The van der Waals surface area contributed by atoms with Gasteiger partial charge in [0.25, 0.3) is 0 Å². The smallest absolute Gasteiger partial charge is 0.320 e. The lowest BCUT2D eigenvalue weighted by atomic mass is 9.92. The molecule has 0 saturated heterocycles. The van der Waals surface area contributed by atoms with E-state index in [1.54, 1.807) is 6.92 Å². The summed E-state index contributed by atoms with van der Waals surface area (Å²) in [6.45, 7) is 1.75. The Morgan fingerprint density at radius 3 is 2.31 bits per heavy atom. The molecular formula is C8H16N2O3. The van der Waals surface area contributed by atoms with Crippen LogP contribution in [0.25, 0.3) is 0 Å². The van der Waals surface area contributed by atoms with Gasteiger partial charge in [0.1, 0.15) is 11.8 Å². The van der Waals surface area contributed by atoms with Gasteiger partial charge in [0.15, 0.2) is 0 Å². The number of hydrogen-bond acceptors (Lipinski definition) is 4. The average Bonchev–Trinajstić information content (AvgIpc) is 2.12. The van der Waals surface area contributed by atoms with Crippen molar-refractivity contribution in [3.63, 3.8) is 0 Å². The zero-order valence-electron chi connectivity index (χ0n) is 7.69. The van der Waals surface area contributed by atoms with E-state index >= 15 is 0 Å². The fourth-order valence-corrected chi connectivity index (χ4v) is 1.10. The minimum Gasteiger partial charge on any atom is -0.480 e. The van der Waals surface area contributed by atoms with Crippen LogP contribution in [-0.2, 0) is 9.59 Å². The number of carbonyl (C=O) groups is 2. The van der Waals surface area contributed by atoms with E-state index in [1.165, 1.54) is 0 Å². The van der Waals surface area contributed by atoms with Crippen LogP contribution in [0.2, 0.25) is 0 Å². The van der Waals surface area contributed by atoms with Crippen LogP contribution in [0.1, 0.15) is 19.8 Å². The zero-order valence-corrected chi connectivity index (χ0v) is 7.69. The van der Waals surface area contributed by atoms with E-state index in [1.807, 2.05) is 0 Å². The summed E-state index contributed by atoms with van der Waals surface area (Å²) in [5.74, 6) is -1.53. The molecule has 13 heavy (non-hydrogen) atoms. The Kier molecular flexibility index (Phi) is 5.25. The second-order valence-electron chi connectivity index (χ2n) is 2.98. The van der Waals surface area contributed by atoms with Gasteiger partial charge in [-0.15, -0.1) is 0 Å². The quantitative estimate of drug-likeness (QED) is 0.513. The molecule has 0 aromatic carbocycles. The molecule has 5 N–H and O–H groups in total. The topological polar surface area (TPSA) is 106 Å². The molecule has 0 aromatic rings. The van der Waals surface area contributed by atoms with Crippen LogP contribution in [0.4, 0.5) is 0 Å². The molecule has 5 heteroatoms. The second kappa shape index (κ2) is 5.66. The first-order chi connectivity index (χ1) is 6.02. The number of ketones is 1. The highest BCUT2D eigenvalue weighted by Gasteiger charge is 2.24. The molecule has 2 atom stereocenters. The minimum absolute atomic E-state index is 0.0527. The van der Waals surface area contributed by atoms with Crippen LogP contribution in [0.3, 0.4) is 0 Å². The van der Waals surface area contributed by atoms with E-state index in [9.17, 15) is 9.59 Å². The summed E-state index contributed by atoms with van der Waals surface area (Å²) < 4.78 is 0. The summed E-state index contributed by atoms with van der Waals surface area (Å²) in [4.78, 5) is 21.4. The fraction of sp³-hybridized carbons (Fsp3) is 0.750. The van der Waals surface area contributed by atoms with Gasteiger partial charge < -0.3 is 16.6 Å².